The lowest BCUT2D eigenvalue weighted by Gasteiger charge is -2.09. The van der Waals surface area contributed by atoms with Gasteiger partial charge in [0.25, 0.3) is 0 Å². The molecule has 3 aromatic heterocycles. The van der Waals surface area contributed by atoms with Crippen LogP contribution in [0, 0.1) is 0 Å². The molecule has 0 spiro atoms. The highest BCUT2D eigenvalue weighted by molar-refractivity contribution is 6.41. The summed E-state index contributed by atoms with van der Waals surface area (Å²) in [7, 11) is 0. The fraction of sp³-hybridized carbons (Fsp3) is 0. The van der Waals surface area contributed by atoms with E-state index in [1.165, 1.54) is 81.4 Å². The van der Waals surface area contributed by atoms with Gasteiger partial charge in [-0.05, 0) is 22.9 Å². The van der Waals surface area contributed by atoms with Gasteiger partial charge in [0, 0.05) is 48.6 Å². The van der Waals surface area contributed by atoms with Crippen LogP contribution in [0.5, 0.6) is 0 Å². The van der Waals surface area contributed by atoms with Gasteiger partial charge in [0.2, 0.25) is 0 Å². The molecule has 9 aromatic rings. The molecule has 1 N–H and O–H groups in total. The minimum absolute atomic E-state index is 1.18. The van der Waals surface area contributed by atoms with E-state index < -0.39 is 0 Å². The van der Waals surface area contributed by atoms with E-state index in [0.717, 1.165) is 0 Å². The first-order valence-corrected chi connectivity index (χ1v) is 11.8. The lowest BCUT2D eigenvalue weighted by Crippen LogP contribution is -1.86. The summed E-state index contributed by atoms with van der Waals surface area (Å²) in [5.74, 6) is 0. The first kappa shape index (κ1) is 17.0. The number of fused-ring (bicyclic) bond motifs is 15. The van der Waals surface area contributed by atoms with E-state index in [1.54, 1.807) is 0 Å². The Balaban J connectivity index is 1.78. The first-order chi connectivity index (χ1) is 16.9. The van der Waals surface area contributed by atoms with Crippen molar-refractivity contribution in [1.82, 2.24) is 9.38 Å². The summed E-state index contributed by atoms with van der Waals surface area (Å²) in [5.41, 5.74) is 6.31. The van der Waals surface area contributed by atoms with Gasteiger partial charge in [-0.25, -0.2) is 0 Å². The van der Waals surface area contributed by atoms with Gasteiger partial charge >= 0.3 is 0 Å². The van der Waals surface area contributed by atoms with E-state index in [4.69, 9.17) is 0 Å². The first-order valence-electron chi connectivity index (χ1n) is 11.8. The second-order valence-corrected chi connectivity index (χ2v) is 9.41. The molecule has 6 aromatic carbocycles. The molecule has 156 valence electrons. The molecule has 3 heterocycles. The fourth-order valence-electron chi connectivity index (χ4n) is 6.52. The Bertz CT molecular complexity index is 2270. The summed E-state index contributed by atoms with van der Waals surface area (Å²) in [6.45, 7) is 0. The zero-order valence-corrected chi connectivity index (χ0v) is 18.3. The van der Waals surface area contributed by atoms with Crippen LogP contribution in [-0.2, 0) is 0 Å². The third-order valence-corrected chi connectivity index (χ3v) is 7.82. The molecule has 0 atom stereocenters. The third-order valence-electron chi connectivity index (χ3n) is 7.82. The highest BCUT2D eigenvalue weighted by Crippen LogP contribution is 2.48. The number of nitrogens with zero attached hydrogens (tertiary/aromatic N) is 1. The maximum absolute atomic E-state index is 3.80. The molecule has 2 nitrogen and oxygen atoms in total. The van der Waals surface area contributed by atoms with Crippen LogP contribution in [0.25, 0.3) is 81.4 Å². The minimum atomic E-state index is 1.18. The van der Waals surface area contributed by atoms with Gasteiger partial charge in [0.1, 0.15) is 0 Å². The molecule has 9 rings (SSSR count). The van der Waals surface area contributed by atoms with Gasteiger partial charge in [-0.2, -0.15) is 0 Å². The zero-order valence-electron chi connectivity index (χ0n) is 18.3. The highest BCUT2D eigenvalue weighted by Gasteiger charge is 2.24. The normalized spacial score (nSPS) is 12.7. The van der Waals surface area contributed by atoms with Crippen molar-refractivity contribution in [1.29, 1.82) is 0 Å². The standard InChI is InChI=1S/C32H18N2/c1-2-9-19-18(8-1)16-17-23-27(19)28-24-13-7-12-21-20-10-4-6-15-26(20)34(31(21)24)32(28)29-22-11-3-5-14-25(22)33-30(23)29/h1-17,33H. The molecule has 0 unspecified atom stereocenters. The Morgan fingerprint density at radius 1 is 0.441 bits per heavy atom. The van der Waals surface area contributed by atoms with Crippen molar-refractivity contribution >= 4 is 81.4 Å². The van der Waals surface area contributed by atoms with Crippen molar-refractivity contribution in [3.63, 3.8) is 0 Å². The number of hydrogen-bond acceptors (Lipinski definition) is 0. The van der Waals surface area contributed by atoms with E-state index >= 15 is 0 Å². The monoisotopic (exact) mass is 430 g/mol. The molecule has 0 aliphatic carbocycles. The third kappa shape index (κ3) is 1.79. The predicted octanol–water partition coefficient (Wildman–Crippen LogP) is 8.78. The van der Waals surface area contributed by atoms with E-state index in [1.807, 2.05) is 0 Å². The summed E-state index contributed by atoms with van der Waals surface area (Å²) < 4.78 is 2.53. The number of para-hydroxylation sites is 3. The van der Waals surface area contributed by atoms with Crippen LogP contribution in [0.15, 0.2) is 103 Å². The average Bonchev–Trinajstić information content (AvgIpc) is 3.55. The molecular weight excluding hydrogens is 412 g/mol. The molecule has 0 aliphatic heterocycles. The van der Waals surface area contributed by atoms with Crippen LogP contribution in [0.2, 0.25) is 0 Å². The SMILES string of the molecule is c1ccc2c(c1)ccc1c3[nH]c4ccccc4c3c3c(c4cccc5c6ccccc6n3c54)c21. The number of nitrogens with one attached hydrogen (secondary N) is 1. The van der Waals surface area contributed by atoms with Gasteiger partial charge < -0.3 is 9.38 Å². The molecule has 0 aliphatic rings. The van der Waals surface area contributed by atoms with Crippen LogP contribution in [0.3, 0.4) is 0 Å². The maximum Gasteiger partial charge on any atom is 0.0648 e. The van der Waals surface area contributed by atoms with Crippen LogP contribution in [-0.4, -0.2) is 9.38 Å². The van der Waals surface area contributed by atoms with Crippen LogP contribution in [0.4, 0.5) is 0 Å². The molecule has 0 radical (unpaired) electrons. The number of rotatable bonds is 0. The molecule has 0 amide bonds. The van der Waals surface area contributed by atoms with Crippen LogP contribution < -0.4 is 0 Å². The summed E-state index contributed by atoms with van der Waals surface area (Å²) in [6, 6.07) is 37.7. The summed E-state index contributed by atoms with van der Waals surface area (Å²) in [6.07, 6.45) is 0. The minimum Gasteiger partial charge on any atom is -0.354 e. The lowest BCUT2D eigenvalue weighted by molar-refractivity contribution is 1.38. The summed E-state index contributed by atoms with van der Waals surface area (Å²) >= 11 is 0. The van der Waals surface area contributed by atoms with Crippen LogP contribution in [0.1, 0.15) is 0 Å². The Morgan fingerprint density at radius 3 is 2.12 bits per heavy atom. The van der Waals surface area contributed by atoms with Crippen molar-refractivity contribution in [3.8, 4) is 0 Å². The molecule has 0 saturated heterocycles. The molecular formula is C32H18N2. The van der Waals surface area contributed by atoms with Gasteiger partial charge in [0.15, 0.2) is 0 Å². The zero-order chi connectivity index (χ0) is 22.0. The van der Waals surface area contributed by atoms with E-state index in [9.17, 15) is 0 Å². The Hall–Kier alpha value is -4.56. The van der Waals surface area contributed by atoms with E-state index in [0.29, 0.717) is 0 Å². The fourth-order valence-corrected chi connectivity index (χ4v) is 6.52. The second kappa shape index (κ2) is 5.67. The molecule has 34 heavy (non-hydrogen) atoms. The number of aromatic amines is 1. The van der Waals surface area contributed by atoms with Gasteiger partial charge in [-0.1, -0.05) is 91.0 Å². The average molecular weight is 431 g/mol. The quantitative estimate of drug-likeness (QED) is 0.232. The van der Waals surface area contributed by atoms with Gasteiger partial charge in [-0.15, -0.1) is 0 Å². The van der Waals surface area contributed by atoms with Crippen LogP contribution >= 0.6 is 0 Å². The maximum atomic E-state index is 3.80. The van der Waals surface area contributed by atoms with Gasteiger partial charge in [-0.3, -0.25) is 0 Å². The molecule has 0 fully saturated rings. The largest absolute Gasteiger partial charge is 0.354 e. The summed E-state index contributed by atoms with van der Waals surface area (Å²) in [5, 5.41) is 13.1. The van der Waals surface area contributed by atoms with Crippen molar-refractivity contribution < 1.29 is 0 Å². The number of H-pyrrole nitrogens is 1. The second-order valence-electron chi connectivity index (χ2n) is 9.41. The van der Waals surface area contributed by atoms with Crippen molar-refractivity contribution in [3.05, 3.63) is 103 Å². The summed E-state index contributed by atoms with van der Waals surface area (Å²) in [4.78, 5) is 3.80. The highest BCUT2D eigenvalue weighted by atomic mass is 14.9. The van der Waals surface area contributed by atoms with Crippen molar-refractivity contribution in [2.45, 2.75) is 0 Å². The van der Waals surface area contributed by atoms with E-state index in [-0.39, 0.29) is 0 Å². The van der Waals surface area contributed by atoms with Gasteiger partial charge in [0.05, 0.1) is 22.1 Å². The number of benzene rings is 6. The Morgan fingerprint density at radius 2 is 1.18 bits per heavy atom. The molecule has 0 bridgehead atoms. The predicted molar refractivity (Wildman–Crippen MR) is 145 cm³/mol. The topological polar surface area (TPSA) is 20.2 Å². The Labute approximate surface area is 194 Å². The smallest absolute Gasteiger partial charge is 0.0648 e. The Kier molecular flexibility index (Phi) is 2.83. The number of hydrogen-bond donors (Lipinski definition) is 1. The van der Waals surface area contributed by atoms with E-state index in [2.05, 4.69) is 113 Å². The lowest BCUT2D eigenvalue weighted by atomic mass is 9.94. The number of aromatic nitrogens is 2. The molecule has 2 heteroatoms. The van der Waals surface area contributed by atoms with Crippen molar-refractivity contribution in [2.75, 3.05) is 0 Å². The van der Waals surface area contributed by atoms with Crippen molar-refractivity contribution in [2.24, 2.45) is 0 Å². The molecule has 0 saturated carbocycles.